The number of hydrogen-bond donors (Lipinski definition) is 0. The molecule has 5 aromatic rings. The van der Waals surface area contributed by atoms with Gasteiger partial charge < -0.3 is 4.90 Å². The minimum Gasteiger partial charge on any atom is -0.311 e. The Bertz CT molecular complexity index is 2320. The average Bonchev–Trinajstić information content (AvgIpc) is 3.49. The zero-order chi connectivity index (χ0) is 38.8. The number of rotatable bonds is 12. The van der Waals surface area contributed by atoms with Crippen molar-refractivity contribution in [2.45, 2.75) is 87.9 Å². The molecule has 0 spiro atoms. The van der Waals surface area contributed by atoms with Gasteiger partial charge >= 0.3 is 0 Å². The van der Waals surface area contributed by atoms with E-state index < -0.39 is 17.6 Å². The lowest BCUT2D eigenvalue weighted by molar-refractivity contribution is 0.440. The minimum atomic E-state index is -1.22. The van der Waals surface area contributed by atoms with E-state index in [9.17, 15) is 0 Å². The molecule has 0 bridgehead atoms. The Morgan fingerprint density at radius 3 is 2.11 bits per heavy atom. The van der Waals surface area contributed by atoms with Gasteiger partial charge in [-0.25, -0.2) is 0 Å². The summed E-state index contributed by atoms with van der Waals surface area (Å²) in [7, 11) is -2.18. The zero-order valence-electron chi connectivity index (χ0n) is 34.0. The van der Waals surface area contributed by atoms with Gasteiger partial charge in [0.1, 0.15) is 0 Å². The Labute approximate surface area is 345 Å². The highest BCUT2D eigenvalue weighted by atomic mass is 28.3. The van der Waals surface area contributed by atoms with E-state index in [1.54, 1.807) is 21.5 Å². The molecule has 1 saturated heterocycles. The van der Waals surface area contributed by atoms with Gasteiger partial charge in [0.15, 0.2) is 0 Å². The van der Waals surface area contributed by atoms with Crippen molar-refractivity contribution in [3.05, 3.63) is 186 Å². The van der Waals surface area contributed by atoms with Gasteiger partial charge in [0.2, 0.25) is 0 Å². The van der Waals surface area contributed by atoms with E-state index >= 15 is 0 Å². The molecule has 3 unspecified atom stereocenters. The number of para-hydroxylation sites is 2. The molecular formula is C54H57NSi2. The van der Waals surface area contributed by atoms with Crippen LogP contribution in [0.4, 0.5) is 17.1 Å². The monoisotopic (exact) mass is 775 g/mol. The van der Waals surface area contributed by atoms with Crippen molar-refractivity contribution in [1.82, 2.24) is 0 Å². The van der Waals surface area contributed by atoms with Gasteiger partial charge in [0.05, 0.1) is 17.6 Å². The lowest BCUT2D eigenvalue weighted by Crippen LogP contribution is -2.38. The summed E-state index contributed by atoms with van der Waals surface area (Å²) >= 11 is 0. The quantitative estimate of drug-likeness (QED) is 0.114. The van der Waals surface area contributed by atoms with E-state index in [0.29, 0.717) is 5.54 Å². The molecule has 5 aromatic carbocycles. The largest absolute Gasteiger partial charge is 0.311 e. The van der Waals surface area contributed by atoms with Crippen LogP contribution in [0.5, 0.6) is 0 Å². The number of unbranched alkanes of at least 4 members (excludes halogenated alkanes) is 1. The lowest BCUT2D eigenvalue weighted by Gasteiger charge is -2.38. The fourth-order valence-electron chi connectivity index (χ4n) is 10.3. The van der Waals surface area contributed by atoms with Crippen molar-refractivity contribution in [2.75, 3.05) is 4.90 Å². The van der Waals surface area contributed by atoms with Gasteiger partial charge in [-0.1, -0.05) is 190 Å². The van der Waals surface area contributed by atoms with Crippen molar-refractivity contribution in [1.29, 1.82) is 0 Å². The molecule has 0 N–H and O–H groups in total. The summed E-state index contributed by atoms with van der Waals surface area (Å²) in [6, 6.07) is 50.0. The van der Waals surface area contributed by atoms with Crippen molar-refractivity contribution >= 4 is 68.3 Å². The molecule has 3 heteroatoms. The van der Waals surface area contributed by atoms with Crippen LogP contribution in [0, 0.1) is 0 Å². The topological polar surface area (TPSA) is 3.24 Å². The molecule has 9 rings (SSSR count). The van der Waals surface area contributed by atoms with Gasteiger partial charge in [-0.2, -0.15) is 0 Å². The van der Waals surface area contributed by atoms with E-state index in [1.807, 2.05) is 6.08 Å². The first-order chi connectivity index (χ1) is 28.0. The molecule has 0 saturated carbocycles. The smallest absolute Gasteiger partial charge is 0.0789 e. The zero-order valence-corrected chi connectivity index (χ0v) is 36.3. The van der Waals surface area contributed by atoms with Crippen LogP contribution < -0.4 is 15.3 Å². The van der Waals surface area contributed by atoms with Crippen molar-refractivity contribution < 1.29 is 0 Å². The first kappa shape index (κ1) is 37.6. The molecule has 1 fully saturated rings. The maximum atomic E-state index is 3.96. The molecule has 2 aliphatic carbocycles. The molecule has 3 atom stereocenters. The highest BCUT2D eigenvalue weighted by molar-refractivity contribution is 6.77. The number of benzene rings is 5. The summed E-state index contributed by atoms with van der Waals surface area (Å²) in [4.78, 5) is 2.43. The number of nitrogens with zero attached hydrogens (tertiary/aromatic N) is 1. The summed E-state index contributed by atoms with van der Waals surface area (Å²) in [5.74, 6) is 0. The van der Waals surface area contributed by atoms with E-state index in [2.05, 4.69) is 177 Å². The Morgan fingerprint density at radius 2 is 1.46 bits per heavy atom. The third-order valence-corrected chi connectivity index (χ3v) is 21.5. The van der Waals surface area contributed by atoms with Crippen molar-refractivity contribution in [3.63, 3.8) is 0 Å². The lowest BCUT2D eigenvalue weighted by atomic mass is 9.70. The van der Waals surface area contributed by atoms with Crippen LogP contribution in [0.2, 0.25) is 23.7 Å². The van der Waals surface area contributed by atoms with E-state index in [1.165, 1.54) is 94.3 Å². The van der Waals surface area contributed by atoms with Crippen LogP contribution in [0.25, 0.3) is 23.3 Å². The summed E-state index contributed by atoms with van der Waals surface area (Å²) in [6.45, 7) is 8.91. The molecule has 2 heterocycles. The fourth-order valence-corrected chi connectivity index (χ4v) is 17.7. The van der Waals surface area contributed by atoms with Crippen LogP contribution >= 0.6 is 0 Å². The summed E-state index contributed by atoms with van der Waals surface area (Å²) < 4.78 is 0. The van der Waals surface area contributed by atoms with Crippen LogP contribution in [0.15, 0.2) is 158 Å². The van der Waals surface area contributed by atoms with E-state index in [0.717, 1.165) is 19.3 Å². The Kier molecular flexibility index (Phi) is 10.9. The van der Waals surface area contributed by atoms with Crippen molar-refractivity contribution in [3.8, 4) is 0 Å². The first-order valence-corrected chi connectivity index (χ1v) is 26.0. The summed E-state index contributed by atoms with van der Waals surface area (Å²) in [6.07, 6.45) is 23.0. The molecule has 0 amide bonds. The summed E-state index contributed by atoms with van der Waals surface area (Å²) in [5, 5.41) is 3.41. The maximum absolute atomic E-state index is 3.96. The fraction of sp³-hybridized carbons (Fsp3) is 0.259. The Morgan fingerprint density at radius 1 is 0.719 bits per heavy atom. The standard InChI is InChI=1S/C54H57NSi2/c1-4-6-36-57-52-37-42(24-31-50(52)54(3)33-32-45(38-53(54)57)43-25-20-40(5-2)21-26-43)19-18-41-22-27-44(28-23-41)49-30-29-48(39-51(49)56-34-13-35-56)55(46-14-9-7-10-15-46)47-16-11-8-12-17-47/h5,7-12,14-22,24-27,29-31,37-39,53,56-57H,2,4,6,13,23,28,32-36H2,1,3H3. The molecule has 57 heavy (non-hydrogen) atoms. The van der Waals surface area contributed by atoms with Crippen LogP contribution in [-0.4, -0.2) is 17.6 Å². The molecular weight excluding hydrogens is 719 g/mol. The van der Waals surface area contributed by atoms with E-state index in [4.69, 9.17) is 0 Å². The molecule has 0 radical (unpaired) electrons. The predicted molar refractivity (Wildman–Crippen MR) is 254 cm³/mol. The van der Waals surface area contributed by atoms with Crippen LogP contribution in [0.3, 0.4) is 0 Å². The van der Waals surface area contributed by atoms with Gasteiger partial charge in [-0.15, -0.1) is 0 Å². The second-order valence-corrected chi connectivity index (χ2v) is 23.5. The third-order valence-electron chi connectivity index (χ3n) is 13.8. The number of hydrogen-bond acceptors (Lipinski definition) is 1. The SMILES string of the molecule is C=Cc1ccc(C2=CC3[SiH](CCCC)c4cc(C=CC5=CC=C(c6ccc(N(c7ccccc7)c7ccccc7)cc6[SiH]6CCC6)CC5)ccc4C3(C)CC2)cc1. The predicted octanol–water partition coefficient (Wildman–Crippen LogP) is 13.2. The maximum Gasteiger partial charge on any atom is 0.0789 e. The minimum absolute atomic E-state index is 0.265. The summed E-state index contributed by atoms with van der Waals surface area (Å²) in [5.41, 5.74) is 16.3. The van der Waals surface area contributed by atoms with E-state index in [-0.39, 0.29) is 5.41 Å². The molecule has 0 aromatic heterocycles. The average molecular weight is 776 g/mol. The highest BCUT2D eigenvalue weighted by Crippen LogP contribution is 2.53. The van der Waals surface area contributed by atoms with Gasteiger partial charge in [0.25, 0.3) is 0 Å². The molecule has 286 valence electrons. The Hall–Kier alpha value is -4.97. The number of anilines is 3. The third kappa shape index (κ3) is 7.49. The normalized spacial score (nSPS) is 21.5. The second kappa shape index (κ2) is 16.5. The van der Waals surface area contributed by atoms with Gasteiger partial charge in [-0.05, 0) is 118 Å². The molecule has 4 aliphatic rings. The van der Waals surface area contributed by atoms with Crippen molar-refractivity contribution in [2.24, 2.45) is 0 Å². The van der Waals surface area contributed by atoms with Crippen LogP contribution in [0.1, 0.15) is 86.6 Å². The van der Waals surface area contributed by atoms with Crippen LogP contribution in [-0.2, 0) is 5.41 Å². The second-order valence-electron chi connectivity index (χ2n) is 17.2. The number of fused-ring (bicyclic) bond motifs is 3. The molecule has 1 nitrogen and oxygen atoms in total. The highest BCUT2D eigenvalue weighted by Gasteiger charge is 2.49. The Balaban J connectivity index is 0.973. The molecule has 2 aliphatic heterocycles. The first-order valence-electron chi connectivity index (χ1n) is 21.7. The van der Waals surface area contributed by atoms with Gasteiger partial charge in [-0.3, -0.25) is 0 Å². The van der Waals surface area contributed by atoms with Gasteiger partial charge in [0, 0.05) is 17.1 Å². The number of allylic oxidation sites excluding steroid dienone is 7.